The molecule has 2 aromatic carbocycles. The normalized spacial score (nSPS) is 11.8. The number of nitrogens with one attached hydrogen (secondary N) is 2. The summed E-state index contributed by atoms with van der Waals surface area (Å²) in [6.45, 7) is 1.85. The predicted molar refractivity (Wildman–Crippen MR) is 94.6 cm³/mol. The van der Waals surface area contributed by atoms with Gasteiger partial charge in [0, 0.05) is 22.2 Å². The molecule has 0 saturated carbocycles. The fourth-order valence-corrected chi connectivity index (χ4v) is 2.60. The second-order valence-corrected chi connectivity index (χ2v) is 5.93. The number of benzene rings is 2. The number of halogens is 2. The molecule has 0 aliphatic carbocycles. The standard InChI is InChI=1S/C16H15Cl2N3O3/c1-10(12-4-2-3-5-13(12)18)19-9-16(22)20-14-7-6-11(17)8-15(14)21(23)24/h2-8,10,19H,9H2,1H3,(H,20,22)/t10-/m1/s1. The molecule has 0 bridgehead atoms. The van der Waals surface area contributed by atoms with Crippen molar-refractivity contribution in [2.24, 2.45) is 0 Å². The van der Waals surface area contributed by atoms with E-state index in [1.54, 1.807) is 6.07 Å². The summed E-state index contributed by atoms with van der Waals surface area (Å²) in [4.78, 5) is 22.4. The fourth-order valence-electron chi connectivity index (χ4n) is 2.14. The molecule has 0 radical (unpaired) electrons. The summed E-state index contributed by atoms with van der Waals surface area (Å²) in [6.07, 6.45) is 0. The van der Waals surface area contributed by atoms with Crippen molar-refractivity contribution in [2.45, 2.75) is 13.0 Å². The maximum absolute atomic E-state index is 12.0. The van der Waals surface area contributed by atoms with Crippen LogP contribution in [0, 0.1) is 10.1 Å². The van der Waals surface area contributed by atoms with Crippen LogP contribution in [0.3, 0.4) is 0 Å². The molecule has 0 aromatic heterocycles. The molecule has 2 N–H and O–H groups in total. The molecule has 0 spiro atoms. The Morgan fingerprint density at radius 2 is 1.96 bits per heavy atom. The Labute approximate surface area is 148 Å². The third kappa shape index (κ3) is 4.67. The number of carbonyl (C=O) groups is 1. The first-order chi connectivity index (χ1) is 11.4. The van der Waals surface area contributed by atoms with Gasteiger partial charge < -0.3 is 10.6 Å². The second-order valence-electron chi connectivity index (χ2n) is 5.09. The van der Waals surface area contributed by atoms with E-state index in [9.17, 15) is 14.9 Å². The van der Waals surface area contributed by atoms with Gasteiger partial charge >= 0.3 is 0 Å². The fraction of sp³-hybridized carbons (Fsp3) is 0.188. The van der Waals surface area contributed by atoms with Gasteiger partial charge in [0.1, 0.15) is 5.69 Å². The van der Waals surface area contributed by atoms with Gasteiger partial charge in [-0.15, -0.1) is 0 Å². The average Bonchev–Trinajstić information content (AvgIpc) is 2.54. The van der Waals surface area contributed by atoms with Gasteiger partial charge in [-0.3, -0.25) is 14.9 Å². The van der Waals surface area contributed by atoms with Crippen LogP contribution in [0.25, 0.3) is 0 Å². The van der Waals surface area contributed by atoms with Crippen LogP contribution in [0.4, 0.5) is 11.4 Å². The molecule has 6 nitrogen and oxygen atoms in total. The minimum atomic E-state index is -0.596. The number of hydrogen-bond acceptors (Lipinski definition) is 4. The lowest BCUT2D eigenvalue weighted by Gasteiger charge is -2.15. The summed E-state index contributed by atoms with van der Waals surface area (Å²) in [6, 6.07) is 11.2. The molecule has 0 aliphatic heterocycles. The van der Waals surface area contributed by atoms with E-state index in [1.165, 1.54) is 18.2 Å². The quantitative estimate of drug-likeness (QED) is 0.592. The van der Waals surface area contributed by atoms with Crippen LogP contribution < -0.4 is 10.6 Å². The monoisotopic (exact) mass is 367 g/mol. The topological polar surface area (TPSA) is 84.3 Å². The molecule has 1 atom stereocenters. The SMILES string of the molecule is C[C@@H](NCC(=O)Nc1ccc(Cl)cc1[N+](=O)[O-])c1ccccc1Cl. The van der Waals surface area contributed by atoms with E-state index >= 15 is 0 Å². The van der Waals surface area contributed by atoms with Crippen LogP contribution in [0.5, 0.6) is 0 Å². The Hall–Kier alpha value is -2.15. The second kappa shape index (κ2) is 8.10. The highest BCUT2D eigenvalue weighted by Crippen LogP contribution is 2.27. The van der Waals surface area contributed by atoms with Crippen LogP contribution in [-0.4, -0.2) is 17.4 Å². The summed E-state index contributed by atoms with van der Waals surface area (Å²) in [7, 11) is 0. The van der Waals surface area contributed by atoms with Gasteiger partial charge in [0.2, 0.25) is 5.91 Å². The van der Waals surface area contributed by atoms with Crippen molar-refractivity contribution < 1.29 is 9.72 Å². The number of nitrogens with zero attached hydrogens (tertiary/aromatic N) is 1. The lowest BCUT2D eigenvalue weighted by molar-refractivity contribution is -0.383. The summed E-state index contributed by atoms with van der Waals surface area (Å²) in [5.74, 6) is -0.403. The highest BCUT2D eigenvalue weighted by atomic mass is 35.5. The summed E-state index contributed by atoms with van der Waals surface area (Å²) in [5, 5.41) is 17.4. The summed E-state index contributed by atoms with van der Waals surface area (Å²) >= 11 is 11.8. The van der Waals surface area contributed by atoms with Crippen LogP contribution in [0.1, 0.15) is 18.5 Å². The molecule has 0 aliphatic rings. The van der Waals surface area contributed by atoms with E-state index in [1.807, 2.05) is 25.1 Å². The van der Waals surface area contributed by atoms with Gasteiger partial charge in [0.25, 0.3) is 5.69 Å². The largest absolute Gasteiger partial charge is 0.319 e. The molecule has 2 aromatic rings. The van der Waals surface area contributed by atoms with Crippen molar-refractivity contribution in [3.8, 4) is 0 Å². The zero-order valence-corrected chi connectivity index (χ0v) is 14.3. The number of hydrogen-bond donors (Lipinski definition) is 2. The zero-order valence-electron chi connectivity index (χ0n) is 12.8. The van der Waals surface area contributed by atoms with Gasteiger partial charge in [-0.25, -0.2) is 0 Å². The van der Waals surface area contributed by atoms with Gasteiger partial charge in [-0.2, -0.15) is 0 Å². The van der Waals surface area contributed by atoms with Crippen molar-refractivity contribution in [3.63, 3.8) is 0 Å². The van der Waals surface area contributed by atoms with E-state index in [2.05, 4.69) is 10.6 Å². The minimum Gasteiger partial charge on any atom is -0.319 e. The third-order valence-corrected chi connectivity index (χ3v) is 3.95. The van der Waals surface area contributed by atoms with Crippen molar-refractivity contribution in [2.75, 3.05) is 11.9 Å². The van der Waals surface area contributed by atoms with Gasteiger partial charge in [-0.05, 0) is 30.7 Å². The first-order valence-corrected chi connectivity index (χ1v) is 7.85. The highest BCUT2D eigenvalue weighted by Gasteiger charge is 2.17. The Balaban J connectivity index is 1.99. The Morgan fingerprint density at radius 3 is 2.62 bits per heavy atom. The maximum atomic E-state index is 12.0. The molecule has 0 fully saturated rings. The molecule has 0 heterocycles. The Morgan fingerprint density at radius 1 is 1.25 bits per heavy atom. The number of amides is 1. The lowest BCUT2D eigenvalue weighted by Crippen LogP contribution is -2.30. The van der Waals surface area contributed by atoms with E-state index in [4.69, 9.17) is 23.2 Å². The third-order valence-electron chi connectivity index (χ3n) is 3.37. The Bertz CT molecular complexity index is 768. The van der Waals surface area contributed by atoms with Crippen LogP contribution >= 0.6 is 23.2 Å². The molecule has 24 heavy (non-hydrogen) atoms. The number of nitro groups is 1. The zero-order chi connectivity index (χ0) is 17.7. The smallest absolute Gasteiger partial charge is 0.294 e. The lowest BCUT2D eigenvalue weighted by atomic mass is 10.1. The summed E-state index contributed by atoms with van der Waals surface area (Å²) in [5.41, 5.74) is 0.709. The van der Waals surface area contributed by atoms with Crippen molar-refractivity contribution in [3.05, 3.63) is 68.2 Å². The maximum Gasteiger partial charge on any atom is 0.294 e. The van der Waals surface area contributed by atoms with Gasteiger partial charge in [0.15, 0.2) is 0 Å². The van der Waals surface area contributed by atoms with Crippen LogP contribution in [-0.2, 0) is 4.79 Å². The minimum absolute atomic E-state index is 0.0217. The number of carbonyl (C=O) groups excluding carboxylic acids is 1. The molecule has 2 rings (SSSR count). The molecule has 126 valence electrons. The van der Waals surface area contributed by atoms with Gasteiger partial charge in [-0.1, -0.05) is 41.4 Å². The van der Waals surface area contributed by atoms with E-state index < -0.39 is 10.8 Å². The molecular weight excluding hydrogens is 353 g/mol. The molecular formula is C16H15Cl2N3O3. The number of nitro benzene ring substituents is 1. The molecule has 0 saturated heterocycles. The first kappa shape index (κ1) is 18.2. The van der Waals surface area contributed by atoms with E-state index in [-0.39, 0.29) is 29.0 Å². The van der Waals surface area contributed by atoms with E-state index in [0.29, 0.717) is 5.02 Å². The van der Waals surface area contributed by atoms with Crippen molar-refractivity contribution >= 4 is 40.5 Å². The number of anilines is 1. The highest BCUT2D eigenvalue weighted by molar-refractivity contribution is 6.31. The Kier molecular flexibility index (Phi) is 6.14. The van der Waals surface area contributed by atoms with Crippen molar-refractivity contribution in [1.29, 1.82) is 0 Å². The molecule has 8 heteroatoms. The molecule has 1 amide bonds. The van der Waals surface area contributed by atoms with Crippen molar-refractivity contribution in [1.82, 2.24) is 5.32 Å². The molecule has 0 unspecified atom stereocenters. The summed E-state index contributed by atoms with van der Waals surface area (Å²) < 4.78 is 0. The van der Waals surface area contributed by atoms with Crippen LogP contribution in [0.15, 0.2) is 42.5 Å². The van der Waals surface area contributed by atoms with Gasteiger partial charge in [0.05, 0.1) is 11.5 Å². The predicted octanol–water partition coefficient (Wildman–Crippen LogP) is 4.19. The average molecular weight is 368 g/mol. The number of rotatable bonds is 6. The van der Waals surface area contributed by atoms with Crippen LogP contribution in [0.2, 0.25) is 10.0 Å². The van der Waals surface area contributed by atoms with E-state index in [0.717, 1.165) is 5.56 Å². The first-order valence-electron chi connectivity index (χ1n) is 7.10.